The maximum atomic E-state index is 12.4. The molecule has 8 heteroatoms. The Bertz CT molecular complexity index is 629. The predicted molar refractivity (Wildman–Crippen MR) is 82.1 cm³/mol. The molecule has 116 valence electrons. The first-order valence-corrected chi connectivity index (χ1v) is 8.74. The molecule has 1 aromatic carbocycles. The Morgan fingerprint density at radius 2 is 1.81 bits per heavy atom. The first kappa shape index (κ1) is 16.5. The molecule has 0 radical (unpaired) electrons. The van der Waals surface area contributed by atoms with Crippen molar-refractivity contribution in [1.29, 1.82) is 0 Å². The van der Waals surface area contributed by atoms with E-state index in [1.54, 1.807) is 11.9 Å². The van der Waals surface area contributed by atoms with Crippen LogP contribution in [0.5, 0.6) is 0 Å². The minimum Gasteiger partial charge on any atom is -0.346 e. The third-order valence-electron chi connectivity index (χ3n) is 3.41. The summed E-state index contributed by atoms with van der Waals surface area (Å²) in [5.41, 5.74) is 0. The molecular weight excluding hydrogens is 335 g/mol. The molecular formula is C13H16Cl2N2O3S. The van der Waals surface area contributed by atoms with Gasteiger partial charge in [0.15, 0.2) is 0 Å². The lowest BCUT2D eigenvalue weighted by Gasteiger charge is -2.17. The van der Waals surface area contributed by atoms with Crippen molar-refractivity contribution < 1.29 is 13.2 Å². The maximum absolute atomic E-state index is 12.4. The number of nitrogens with one attached hydrogen (secondary N) is 1. The van der Waals surface area contributed by atoms with E-state index in [0.29, 0.717) is 25.8 Å². The van der Waals surface area contributed by atoms with Crippen LogP contribution in [0.1, 0.15) is 19.3 Å². The molecule has 1 atom stereocenters. The van der Waals surface area contributed by atoms with Crippen LogP contribution in [0.4, 0.5) is 0 Å². The molecule has 1 aliphatic rings. The fourth-order valence-corrected chi connectivity index (χ4v) is 4.23. The molecule has 5 nitrogen and oxygen atoms in total. The number of halogens is 2. The topological polar surface area (TPSA) is 66.5 Å². The molecule has 1 heterocycles. The summed E-state index contributed by atoms with van der Waals surface area (Å²) in [7, 11) is -1.99. The van der Waals surface area contributed by atoms with Crippen molar-refractivity contribution in [3.63, 3.8) is 0 Å². The van der Waals surface area contributed by atoms with Gasteiger partial charge in [0.2, 0.25) is 15.9 Å². The van der Waals surface area contributed by atoms with Crippen molar-refractivity contribution in [3.8, 4) is 0 Å². The van der Waals surface area contributed by atoms with E-state index in [1.165, 1.54) is 18.2 Å². The number of amides is 1. The van der Waals surface area contributed by atoms with Gasteiger partial charge in [-0.2, -0.15) is 0 Å². The van der Waals surface area contributed by atoms with Crippen LogP contribution in [0.15, 0.2) is 23.1 Å². The molecule has 1 saturated heterocycles. The molecule has 0 bridgehead atoms. The quantitative estimate of drug-likeness (QED) is 0.909. The van der Waals surface area contributed by atoms with Crippen LogP contribution in [-0.4, -0.2) is 38.9 Å². The van der Waals surface area contributed by atoms with Crippen molar-refractivity contribution in [1.82, 2.24) is 9.62 Å². The van der Waals surface area contributed by atoms with Crippen molar-refractivity contribution in [3.05, 3.63) is 28.2 Å². The van der Waals surface area contributed by atoms with Gasteiger partial charge in [0.1, 0.15) is 0 Å². The Balaban J connectivity index is 2.15. The number of nitrogens with zero attached hydrogens (tertiary/aromatic N) is 1. The van der Waals surface area contributed by atoms with Crippen molar-refractivity contribution in [2.75, 3.05) is 13.6 Å². The summed E-state index contributed by atoms with van der Waals surface area (Å²) in [5.74, 6) is 0.0301. The van der Waals surface area contributed by atoms with Crippen LogP contribution in [0.2, 0.25) is 10.0 Å². The third kappa shape index (κ3) is 4.32. The fourth-order valence-electron chi connectivity index (χ4n) is 2.20. The monoisotopic (exact) mass is 350 g/mol. The highest BCUT2D eigenvalue weighted by atomic mass is 35.5. The first-order valence-electron chi connectivity index (χ1n) is 6.50. The fraction of sp³-hybridized carbons (Fsp3) is 0.462. The maximum Gasteiger partial charge on any atom is 0.240 e. The van der Waals surface area contributed by atoms with Gasteiger partial charge in [-0.3, -0.25) is 4.79 Å². The molecule has 1 fully saturated rings. The van der Waals surface area contributed by atoms with Gasteiger partial charge < -0.3 is 4.90 Å². The van der Waals surface area contributed by atoms with Crippen molar-refractivity contribution in [2.45, 2.75) is 30.2 Å². The van der Waals surface area contributed by atoms with Gasteiger partial charge in [0.05, 0.1) is 4.90 Å². The summed E-state index contributed by atoms with van der Waals surface area (Å²) in [6.07, 6.45) is 1.40. The predicted octanol–water partition coefficient (Wildman–Crippen LogP) is 2.28. The smallest absolute Gasteiger partial charge is 0.240 e. The van der Waals surface area contributed by atoms with E-state index in [2.05, 4.69) is 4.72 Å². The van der Waals surface area contributed by atoms with E-state index in [-0.39, 0.29) is 26.9 Å². The molecule has 21 heavy (non-hydrogen) atoms. The normalized spacial score (nSPS) is 20.4. The number of rotatable bonds is 3. The van der Waals surface area contributed by atoms with E-state index in [1.807, 2.05) is 0 Å². The summed E-state index contributed by atoms with van der Waals surface area (Å²) >= 11 is 11.7. The van der Waals surface area contributed by atoms with Gasteiger partial charge in [-0.05, 0) is 31.0 Å². The minimum absolute atomic E-state index is 0.0301. The summed E-state index contributed by atoms with van der Waals surface area (Å²) < 4.78 is 27.3. The second kappa shape index (κ2) is 6.52. The largest absolute Gasteiger partial charge is 0.346 e. The van der Waals surface area contributed by atoms with Crippen LogP contribution >= 0.6 is 23.2 Å². The lowest BCUT2D eigenvalue weighted by Crippen LogP contribution is -2.35. The summed E-state index contributed by atoms with van der Waals surface area (Å²) in [4.78, 5) is 13.2. The minimum atomic E-state index is -3.70. The second-order valence-corrected chi connectivity index (χ2v) is 7.65. The second-order valence-electron chi connectivity index (χ2n) is 5.07. The number of likely N-dealkylation sites (tertiary alicyclic amines) is 1. The van der Waals surface area contributed by atoms with Crippen LogP contribution < -0.4 is 4.72 Å². The lowest BCUT2D eigenvalue weighted by atomic mass is 10.1. The number of benzene rings is 1. The van der Waals surface area contributed by atoms with Crippen LogP contribution in [0, 0.1) is 0 Å². The molecule has 0 aromatic heterocycles. The highest BCUT2D eigenvalue weighted by Gasteiger charge is 2.25. The highest BCUT2D eigenvalue weighted by Crippen LogP contribution is 2.23. The summed E-state index contributed by atoms with van der Waals surface area (Å²) in [6.45, 7) is 0.530. The highest BCUT2D eigenvalue weighted by molar-refractivity contribution is 7.89. The Kier molecular flexibility index (Phi) is 5.14. The zero-order chi connectivity index (χ0) is 15.6. The van der Waals surface area contributed by atoms with E-state index in [9.17, 15) is 13.2 Å². The zero-order valence-corrected chi connectivity index (χ0v) is 13.8. The number of sulfonamides is 1. The molecule has 0 saturated carbocycles. The zero-order valence-electron chi connectivity index (χ0n) is 11.5. The van der Waals surface area contributed by atoms with Gasteiger partial charge in [0.25, 0.3) is 0 Å². The van der Waals surface area contributed by atoms with Gasteiger partial charge in [-0.15, -0.1) is 0 Å². The third-order valence-corrected chi connectivity index (χ3v) is 5.35. The molecule has 1 unspecified atom stereocenters. The number of carbonyl (C=O) groups is 1. The standard InChI is InChI=1S/C13H16Cl2N2O3S/c1-17-5-4-11(2-3-13(17)18)16-21(19,20)12-7-9(14)6-10(15)8-12/h6-8,11,16H,2-5H2,1H3. The molecule has 2 rings (SSSR count). The lowest BCUT2D eigenvalue weighted by molar-refractivity contribution is -0.129. The Morgan fingerprint density at radius 1 is 1.19 bits per heavy atom. The average molecular weight is 351 g/mol. The molecule has 1 aliphatic heterocycles. The number of carbonyl (C=O) groups excluding carboxylic acids is 1. The van der Waals surface area contributed by atoms with Gasteiger partial charge in [-0.1, -0.05) is 23.2 Å². The summed E-state index contributed by atoms with van der Waals surface area (Å²) in [5, 5.41) is 0.525. The van der Waals surface area contributed by atoms with Gasteiger partial charge in [-0.25, -0.2) is 13.1 Å². The van der Waals surface area contributed by atoms with Crippen molar-refractivity contribution in [2.24, 2.45) is 0 Å². The first-order chi connectivity index (χ1) is 9.78. The van der Waals surface area contributed by atoms with Gasteiger partial charge >= 0.3 is 0 Å². The van der Waals surface area contributed by atoms with Crippen LogP contribution in [0.3, 0.4) is 0 Å². The van der Waals surface area contributed by atoms with E-state index >= 15 is 0 Å². The molecule has 1 aromatic rings. The number of hydrogen-bond donors (Lipinski definition) is 1. The Morgan fingerprint density at radius 3 is 2.43 bits per heavy atom. The average Bonchev–Trinajstić information content (AvgIpc) is 2.53. The molecule has 1 amide bonds. The van der Waals surface area contributed by atoms with Crippen LogP contribution in [0.25, 0.3) is 0 Å². The molecule has 1 N–H and O–H groups in total. The Labute approximate surface area is 134 Å². The van der Waals surface area contributed by atoms with E-state index < -0.39 is 10.0 Å². The molecule has 0 aliphatic carbocycles. The van der Waals surface area contributed by atoms with E-state index in [0.717, 1.165) is 0 Å². The SMILES string of the molecule is CN1CCC(NS(=O)(=O)c2cc(Cl)cc(Cl)c2)CCC1=O. The van der Waals surface area contributed by atoms with Crippen molar-refractivity contribution >= 4 is 39.1 Å². The molecule has 0 spiro atoms. The Hall–Kier alpha value is -0.820. The van der Waals surface area contributed by atoms with Gasteiger partial charge in [0, 0.05) is 36.1 Å². The number of hydrogen-bond acceptors (Lipinski definition) is 3. The van der Waals surface area contributed by atoms with E-state index in [4.69, 9.17) is 23.2 Å². The van der Waals surface area contributed by atoms with Crippen LogP contribution in [-0.2, 0) is 14.8 Å². The summed E-state index contributed by atoms with van der Waals surface area (Å²) in [6, 6.07) is 3.90.